The Morgan fingerprint density at radius 1 is 1.00 bits per heavy atom. The number of carboxylic acids is 1. The van der Waals surface area contributed by atoms with Crippen LogP contribution < -0.4 is 10.6 Å². The van der Waals surface area contributed by atoms with Crippen molar-refractivity contribution in [2.45, 2.75) is 12.0 Å². The summed E-state index contributed by atoms with van der Waals surface area (Å²) in [5.41, 5.74) is 5.15. The summed E-state index contributed by atoms with van der Waals surface area (Å²) < 4.78 is 10.8. The van der Waals surface area contributed by atoms with Gasteiger partial charge in [0.25, 0.3) is 5.91 Å². The molecular formula is C26H23BrN2O6. The number of rotatable bonds is 8. The largest absolute Gasteiger partial charge is 0.480 e. The zero-order valence-electron chi connectivity index (χ0n) is 18.8. The van der Waals surface area contributed by atoms with Crippen molar-refractivity contribution >= 4 is 39.6 Å². The Labute approximate surface area is 210 Å². The summed E-state index contributed by atoms with van der Waals surface area (Å²) in [5, 5.41) is 14.2. The van der Waals surface area contributed by atoms with E-state index in [1.165, 1.54) is 25.3 Å². The highest BCUT2D eigenvalue weighted by Gasteiger charge is 2.29. The number of methoxy groups -OCH3 is 1. The molecule has 3 aromatic carbocycles. The van der Waals surface area contributed by atoms with Crippen LogP contribution in [0.4, 0.5) is 10.5 Å². The van der Waals surface area contributed by atoms with Crippen LogP contribution in [0.3, 0.4) is 0 Å². The van der Waals surface area contributed by atoms with Gasteiger partial charge in [-0.25, -0.2) is 9.59 Å². The van der Waals surface area contributed by atoms with Crippen molar-refractivity contribution in [1.82, 2.24) is 5.32 Å². The second-order valence-corrected chi connectivity index (χ2v) is 8.82. The molecule has 2 amide bonds. The maximum atomic E-state index is 12.5. The first-order valence-corrected chi connectivity index (χ1v) is 11.6. The fourth-order valence-electron chi connectivity index (χ4n) is 4.09. The van der Waals surface area contributed by atoms with Crippen molar-refractivity contribution in [3.05, 3.63) is 87.9 Å². The molecule has 35 heavy (non-hydrogen) atoms. The highest BCUT2D eigenvalue weighted by atomic mass is 79.9. The summed E-state index contributed by atoms with van der Waals surface area (Å²) in [7, 11) is 1.35. The number of anilines is 1. The van der Waals surface area contributed by atoms with Gasteiger partial charge in [-0.05, 0) is 56.4 Å². The SMILES string of the molecule is COC[C@H](NC(=O)c1ccc(NC(=O)OCC2c3ccccc3-c3ccccc32)c(Br)c1)C(=O)O. The van der Waals surface area contributed by atoms with E-state index >= 15 is 0 Å². The van der Waals surface area contributed by atoms with Gasteiger partial charge >= 0.3 is 12.1 Å². The second kappa shape index (κ2) is 10.7. The molecule has 0 radical (unpaired) electrons. The normalized spacial score (nSPS) is 12.9. The monoisotopic (exact) mass is 538 g/mol. The molecule has 4 rings (SSSR count). The molecule has 0 aliphatic heterocycles. The van der Waals surface area contributed by atoms with Crippen molar-refractivity contribution < 1.29 is 29.0 Å². The van der Waals surface area contributed by atoms with E-state index in [-0.39, 0.29) is 24.7 Å². The van der Waals surface area contributed by atoms with E-state index < -0.39 is 24.0 Å². The van der Waals surface area contributed by atoms with E-state index in [4.69, 9.17) is 9.47 Å². The van der Waals surface area contributed by atoms with Gasteiger partial charge in [0.1, 0.15) is 6.61 Å². The molecule has 0 saturated heterocycles. The maximum Gasteiger partial charge on any atom is 0.411 e. The van der Waals surface area contributed by atoms with Gasteiger partial charge in [-0.3, -0.25) is 10.1 Å². The Kier molecular flexibility index (Phi) is 7.48. The van der Waals surface area contributed by atoms with E-state index in [0.717, 1.165) is 22.3 Å². The molecule has 0 spiro atoms. The minimum Gasteiger partial charge on any atom is -0.480 e. The van der Waals surface area contributed by atoms with Crippen molar-refractivity contribution in [2.24, 2.45) is 0 Å². The first kappa shape index (κ1) is 24.4. The molecule has 0 saturated carbocycles. The number of benzene rings is 3. The number of ether oxygens (including phenoxy) is 2. The van der Waals surface area contributed by atoms with Crippen molar-refractivity contribution in [3.63, 3.8) is 0 Å². The minimum atomic E-state index is -1.20. The molecular weight excluding hydrogens is 516 g/mol. The predicted octanol–water partition coefficient (Wildman–Crippen LogP) is 4.64. The molecule has 3 aromatic rings. The first-order chi connectivity index (χ1) is 16.9. The number of amides is 2. The highest BCUT2D eigenvalue weighted by molar-refractivity contribution is 9.10. The van der Waals surface area contributed by atoms with Crippen molar-refractivity contribution in [1.29, 1.82) is 0 Å². The lowest BCUT2D eigenvalue weighted by Crippen LogP contribution is -2.43. The van der Waals surface area contributed by atoms with Crippen LogP contribution in [0.5, 0.6) is 0 Å². The zero-order chi connectivity index (χ0) is 24.9. The summed E-state index contributed by atoms with van der Waals surface area (Å²) in [6, 6.07) is 19.5. The molecule has 1 atom stereocenters. The minimum absolute atomic E-state index is 0.0584. The van der Waals surface area contributed by atoms with Crippen LogP contribution in [0.25, 0.3) is 11.1 Å². The van der Waals surface area contributed by atoms with Crippen molar-refractivity contribution in [3.8, 4) is 11.1 Å². The number of hydrogen-bond acceptors (Lipinski definition) is 5. The Hall–Kier alpha value is -3.69. The van der Waals surface area contributed by atoms with Crippen LogP contribution >= 0.6 is 15.9 Å². The fourth-order valence-corrected chi connectivity index (χ4v) is 4.56. The summed E-state index contributed by atoms with van der Waals surface area (Å²) in [4.78, 5) is 36.2. The molecule has 9 heteroatoms. The molecule has 0 bridgehead atoms. The molecule has 180 valence electrons. The Morgan fingerprint density at radius 2 is 1.63 bits per heavy atom. The Morgan fingerprint density at radius 3 is 2.20 bits per heavy atom. The Balaban J connectivity index is 1.39. The van der Waals surface area contributed by atoms with Crippen LogP contribution in [0.2, 0.25) is 0 Å². The molecule has 0 fully saturated rings. The zero-order valence-corrected chi connectivity index (χ0v) is 20.4. The van der Waals surface area contributed by atoms with Gasteiger partial charge in [-0.15, -0.1) is 0 Å². The topological polar surface area (TPSA) is 114 Å². The average molecular weight is 539 g/mol. The smallest absolute Gasteiger partial charge is 0.411 e. The second-order valence-electron chi connectivity index (χ2n) is 7.96. The molecule has 0 heterocycles. The Bertz CT molecular complexity index is 1230. The number of nitrogens with one attached hydrogen (secondary N) is 2. The molecule has 0 unspecified atom stereocenters. The lowest BCUT2D eigenvalue weighted by atomic mass is 9.98. The molecule has 1 aliphatic carbocycles. The number of carbonyl (C=O) groups excluding carboxylic acids is 2. The van der Waals surface area contributed by atoms with E-state index in [2.05, 4.69) is 38.7 Å². The van der Waals surface area contributed by atoms with Crippen LogP contribution in [-0.2, 0) is 14.3 Å². The van der Waals surface area contributed by atoms with Crippen LogP contribution in [0.1, 0.15) is 27.4 Å². The lowest BCUT2D eigenvalue weighted by molar-refractivity contribution is -0.140. The third-order valence-electron chi connectivity index (χ3n) is 5.75. The summed E-state index contributed by atoms with van der Waals surface area (Å²) in [6.07, 6.45) is -0.629. The van der Waals surface area contributed by atoms with E-state index in [1.807, 2.05) is 36.4 Å². The number of aliphatic carboxylic acids is 1. The molecule has 3 N–H and O–H groups in total. The molecule has 1 aliphatic rings. The summed E-state index contributed by atoms with van der Waals surface area (Å²) in [5.74, 6) is -1.84. The maximum absolute atomic E-state index is 12.5. The molecule has 8 nitrogen and oxygen atoms in total. The van der Waals surface area contributed by atoms with E-state index in [9.17, 15) is 19.5 Å². The van der Waals surface area contributed by atoms with Gasteiger partial charge in [0.2, 0.25) is 0 Å². The van der Waals surface area contributed by atoms with Crippen LogP contribution in [0, 0.1) is 0 Å². The number of carboxylic acid groups (broad SMARTS) is 1. The third-order valence-corrected chi connectivity index (χ3v) is 6.40. The van der Waals surface area contributed by atoms with Gasteiger partial charge in [-0.2, -0.15) is 0 Å². The third kappa shape index (κ3) is 5.36. The molecule has 0 aromatic heterocycles. The number of hydrogen-bond donors (Lipinski definition) is 3. The van der Waals surface area contributed by atoms with Gasteiger partial charge in [0.15, 0.2) is 6.04 Å². The lowest BCUT2D eigenvalue weighted by Gasteiger charge is -2.16. The van der Waals surface area contributed by atoms with E-state index in [0.29, 0.717) is 10.2 Å². The summed E-state index contributed by atoms with van der Waals surface area (Å²) >= 11 is 3.34. The van der Waals surface area contributed by atoms with Gasteiger partial charge in [0, 0.05) is 23.1 Å². The standard InChI is InChI=1S/C26H23BrN2O6/c1-34-14-23(25(31)32)28-24(30)15-10-11-22(21(27)12-15)29-26(33)35-13-20-18-8-4-2-6-16(18)17-7-3-5-9-19(17)20/h2-12,20,23H,13-14H2,1H3,(H,28,30)(H,29,33)(H,31,32)/t23-/m0/s1. The van der Waals surface area contributed by atoms with Crippen LogP contribution in [0.15, 0.2) is 71.2 Å². The first-order valence-electron chi connectivity index (χ1n) is 10.8. The quantitative estimate of drug-likeness (QED) is 0.385. The van der Waals surface area contributed by atoms with Gasteiger partial charge in [0.05, 0.1) is 12.3 Å². The van der Waals surface area contributed by atoms with Gasteiger partial charge in [-0.1, -0.05) is 48.5 Å². The number of fused-ring (bicyclic) bond motifs is 3. The highest BCUT2D eigenvalue weighted by Crippen LogP contribution is 2.44. The van der Waals surface area contributed by atoms with Gasteiger partial charge < -0.3 is 19.9 Å². The van der Waals surface area contributed by atoms with Crippen molar-refractivity contribution in [2.75, 3.05) is 25.6 Å². The number of halogens is 1. The summed E-state index contributed by atoms with van der Waals surface area (Å²) in [6.45, 7) is 0.0116. The fraction of sp³-hybridized carbons (Fsp3) is 0.192. The van der Waals surface area contributed by atoms with Crippen LogP contribution in [-0.4, -0.2) is 49.4 Å². The number of carbonyl (C=O) groups is 3. The predicted molar refractivity (Wildman–Crippen MR) is 134 cm³/mol. The van der Waals surface area contributed by atoms with E-state index in [1.54, 1.807) is 0 Å². The average Bonchev–Trinajstić information content (AvgIpc) is 3.17.